The van der Waals surface area contributed by atoms with Crippen LogP contribution in [0.2, 0.25) is 0 Å². The van der Waals surface area contributed by atoms with Crippen molar-refractivity contribution in [3.63, 3.8) is 0 Å². The number of benzene rings is 2. The standard InChI is InChI=1S/C21H26N2O6S/c1-3-30(25,26)23(17-8-11-19-20(13-17)29-15-28-19)14-21(24)22-12-4-5-16-6-9-18(27-2)10-7-16/h6-11,13H,3-5,12,14-15H2,1-2H3,(H,22,24). The minimum absolute atomic E-state index is 0.0913. The molecule has 8 nitrogen and oxygen atoms in total. The number of carbonyl (C=O) groups excluding carboxylic acids is 1. The summed E-state index contributed by atoms with van der Waals surface area (Å²) in [6.45, 7) is 1.79. The van der Waals surface area contributed by atoms with Crippen molar-refractivity contribution in [2.75, 3.05) is 37.1 Å². The van der Waals surface area contributed by atoms with Crippen LogP contribution < -0.4 is 23.8 Å². The molecule has 0 saturated carbocycles. The summed E-state index contributed by atoms with van der Waals surface area (Å²) in [6, 6.07) is 12.6. The summed E-state index contributed by atoms with van der Waals surface area (Å²) < 4.78 is 42.0. The van der Waals surface area contributed by atoms with Gasteiger partial charge >= 0.3 is 0 Å². The number of ether oxygens (including phenoxy) is 3. The monoisotopic (exact) mass is 434 g/mol. The number of aryl methyl sites for hydroxylation is 1. The number of rotatable bonds is 10. The summed E-state index contributed by atoms with van der Waals surface area (Å²) in [6.07, 6.45) is 1.53. The molecule has 0 unspecified atom stereocenters. The van der Waals surface area contributed by atoms with Gasteiger partial charge in [0.25, 0.3) is 0 Å². The van der Waals surface area contributed by atoms with Crippen molar-refractivity contribution < 1.29 is 27.4 Å². The molecule has 0 radical (unpaired) electrons. The second-order valence-electron chi connectivity index (χ2n) is 6.75. The molecule has 30 heavy (non-hydrogen) atoms. The Bertz CT molecular complexity index is 975. The first-order chi connectivity index (χ1) is 14.4. The van der Waals surface area contributed by atoms with Crippen LogP contribution >= 0.6 is 0 Å². The number of hydrogen-bond acceptors (Lipinski definition) is 6. The largest absolute Gasteiger partial charge is 0.497 e. The van der Waals surface area contributed by atoms with Crippen molar-refractivity contribution >= 4 is 21.6 Å². The van der Waals surface area contributed by atoms with E-state index in [1.807, 2.05) is 24.3 Å². The lowest BCUT2D eigenvalue weighted by molar-refractivity contribution is -0.119. The van der Waals surface area contributed by atoms with E-state index in [9.17, 15) is 13.2 Å². The van der Waals surface area contributed by atoms with Gasteiger partial charge in [-0.15, -0.1) is 0 Å². The average molecular weight is 435 g/mol. The molecular formula is C21H26N2O6S. The molecule has 162 valence electrons. The van der Waals surface area contributed by atoms with E-state index >= 15 is 0 Å². The van der Waals surface area contributed by atoms with Crippen molar-refractivity contribution in [3.8, 4) is 17.2 Å². The van der Waals surface area contributed by atoms with E-state index in [1.54, 1.807) is 32.2 Å². The van der Waals surface area contributed by atoms with Gasteiger partial charge in [-0.25, -0.2) is 8.42 Å². The number of methoxy groups -OCH3 is 1. The Hall–Kier alpha value is -2.94. The second-order valence-corrected chi connectivity index (χ2v) is 8.93. The Morgan fingerprint density at radius 2 is 1.87 bits per heavy atom. The molecule has 2 aromatic rings. The SMILES string of the molecule is CCS(=O)(=O)N(CC(=O)NCCCc1ccc(OC)cc1)c1ccc2c(c1)OCO2. The van der Waals surface area contributed by atoms with Crippen LogP contribution in [0, 0.1) is 0 Å². The average Bonchev–Trinajstić information content (AvgIpc) is 3.23. The lowest BCUT2D eigenvalue weighted by Gasteiger charge is -2.23. The maximum Gasteiger partial charge on any atom is 0.240 e. The minimum Gasteiger partial charge on any atom is -0.497 e. The number of amides is 1. The maximum absolute atomic E-state index is 12.6. The Kier molecular flexibility index (Phi) is 7.04. The molecule has 0 spiro atoms. The first-order valence-electron chi connectivity index (χ1n) is 9.72. The van der Waals surface area contributed by atoms with Crippen molar-refractivity contribution in [2.24, 2.45) is 0 Å². The zero-order valence-electron chi connectivity index (χ0n) is 17.1. The fraction of sp³-hybridized carbons (Fsp3) is 0.381. The van der Waals surface area contributed by atoms with E-state index in [0.29, 0.717) is 23.7 Å². The molecule has 1 N–H and O–H groups in total. The molecule has 1 aliphatic rings. The molecule has 2 aromatic carbocycles. The number of sulfonamides is 1. The highest BCUT2D eigenvalue weighted by Crippen LogP contribution is 2.36. The lowest BCUT2D eigenvalue weighted by Crippen LogP contribution is -2.41. The third kappa shape index (κ3) is 5.35. The zero-order chi connectivity index (χ0) is 21.6. The van der Waals surface area contributed by atoms with Crippen LogP contribution in [-0.2, 0) is 21.2 Å². The van der Waals surface area contributed by atoms with Gasteiger partial charge in [0, 0.05) is 12.6 Å². The maximum atomic E-state index is 12.6. The first-order valence-corrected chi connectivity index (χ1v) is 11.3. The van der Waals surface area contributed by atoms with Gasteiger partial charge in [0.2, 0.25) is 22.7 Å². The van der Waals surface area contributed by atoms with Crippen LogP contribution in [0.15, 0.2) is 42.5 Å². The van der Waals surface area contributed by atoms with E-state index in [4.69, 9.17) is 14.2 Å². The summed E-state index contributed by atoms with van der Waals surface area (Å²) in [4.78, 5) is 12.4. The molecule has 0 aliphatic carbocycles. The number of nitrogens with zero attached hydrogens (tertiary/aromatic N) is 1. The van der Waals surface area contributed by atoms with Gasteiger partial charge in [0.15, 0.2) is 11.5 Å². The highest BCUT2D eigenvalue weighted by atomic mass is 32.2. The number of fused-ring (bicyclic) bond motifs is 1. The van der Waals surface area contributed by atoms with Gasteiger partial charge in [-0.05, 0) is 49.6 Å². The highest BCUT2D eigenvalue weighted by molar-refractivity contribution is 7.92. The minimum atomic E-state index is -3.64. The molecule has 1 amide bonds. The Morgan fingerprint density at radius 3 is 2.57 bits per heavy atom. The fourth-order valence-corrected chi connectivity index (χ4v) is 4.11. The third-order valence-corrected chi connectivity index (χ3v) is 6.50. The van der Waals surface area contributed by atoms with Crippen LogP contribution in [0.25, 0.3) is 0 Å². The number of hydrogen-bond donors (Lipinski definition) is 1. The van der Waals surface area contributed by atoms with Gasteiger partial charge in [-0.1, -0.05) is 12.1 Å². The van der Waals surface area contributed by atoms with Gasteiger partial charge in [-0.3, -0.25) is 9.10 Å². The molecule has 9 heteroatoms. The molecule has 1 aliphatic heterocycles. The Labute approximate surface area is 176 Å². The zero-order valence-corrected chi connectivity index (χ0v) is 17.9. The van der Waals surface area contributed by atoms with E-state index < -0.39 is 10.0 Å². The topological polar surface area (TPSA) is 94.2 Å². The van der Waals surface area contributed by atoms with Crippen molar-refractivity contribution in [2.45, 2.75) is 19.8 Å². The van der Waals surface area contributed by atoms with E-state index in [2.05, 4.69) is 5.32 Å². The fourth-order valence-electron chi connectivity index (χ4n) is 3.05. The van der Waals surface area contributed by atoms with Crippen LogP contribution in [-0.4, -0.2) is 47.1 Å². The smallest absolute Gasteiger partial charge is 0.240 e. The van der Waals surface area contributed by atoms with E-state index in [1.165, 1.54) is 0 Å². The first kappa shape index (κ1) is 21.8. The van der Waals surface area contributed by atoms with Crippen LogP contribution in [0.5, 0.6) is 17.2 Å². The summed E-state index contributed by atoms with van der Waals surface area (Å²) in [5, 5.41) is 2.80. The van der Waals surface area contributed by atoms with Gasteiger partial charge < -0.3 is 19.5 Å². The van der Waals surface area contributed by atoms with Gasteiger partial charge in [-0.2, -0.15) is 0 Å². The second kappa shape index (κ2) is 9.71. The highest BCUT2D eigenvalue weighted by Gasteiger charge is 2.25. The molecule has 1 heterocycles. The number of anilines is 1. The molecule has 3 rings (SSSR count). The van der Waals surface area contributed by atoms with Gasteiger partial charge in [0.1, 0.15) is 12.3 Å². The van der Waals surface area contributed by atoms with Gasteiger partial charge in [0.05, 0.1) is 18.6 Å². The Morgan fingerprint density at radius 1 is 1.13 bits per heavy atom. The van der Waals surface area contributed by atoms with Crippen molar-refractivity contribution in [3.05, 3.63) is 48.0 Å². The number of nitrogens with one attached hydrogen (secondary N) is 1. The van der Waals surface area contributed by atoms with Crippen LogP contribution in [0.3, 0.4) is 0 Å². The summed E-state index contributed by atoms with van der Waals surface area (Å²) >= 11 is 0. The van der Waals surface area contributed by atoms with Crippen molar-refractivity contribution in [1.82, 2.24) is 5.32 Å². The Balaban J connectivity index is 1.57. The van der Waals surface area contributed by atoms with E-state index in [-0.39, 0.29) is 25.0 Å². The van der Waals surface area contributed by atoms with Crippen molar-refractivity contribution in [1.29, 1.82) is 0 Å². The predicted octanol–water partition coefficient (Wildman–Crippen LogP) is 2.33. The third-order valence-electron chi connectivity index (χ3n) is 4.76. The van der Waals surface area contributed by atoms with Crippen LogP contribution in [0.4, 0.5) is 5.69 Å². The van der Waals surface area contributed by atoms with E-state index in [0.717, 1.165) is 28.5 Å². The lowest BCUT2D eigenvalue weighted by atomic mass is 10.1. The normalized spacial score (nSPS) is 12.5. The summed E-state index contributed by atoms with van der Waals surface area (Å²) in [5.74, 6) is 1.33. The molecule has 0 atom stereocenters. The quantitative estimate of drug-likeness (QED) is 0.577. The number of carbonyl (C=O) groups is 1. The molecule has 0 bridgehead atoms. The molecular weight excluding hydrogens is 408 g/mol. The molecule has 0 fully saturated rings. The summed E-state index contributed by atoms with van der Waals surface area (Å²) in [5.41, 5.74) is 1.51. The molecule has 0 aromatic heterocycles. The predicted molar refractivity (Wildman–Crippen MR) is 114 cm³/mol. The molecule has 0 saturated heterocycles. The summed E-state index contributed by atoms with van der Waals surface area (Å²) in [7, 11) is -2.02. The van der Waals surface area contributed by atoms with Crippen LogP contribution in [0.1, 0.15) is 18.9 Å².